The first-order valence-electron chi connectivity index (χ1n) is 10.8. The van der Waals surface area contributed by atoms with Gasteiger partial charge in [0, 0.05) is 43.0 Å². The summed E-state index contributed by atoms with van der Waals surface area (Å²) in [7, 11) is 1.38. The molecule has 1 fully saturated rings. The second kappa shape index (κ2) is 9.33. The van der Waals surface area contributed by atoms with Gasteiger partial charge in [0.1, 0.15) is 5.76 Å². The molecule has 168 valence electrons. The van der Waals surface area contributed by atoms with Gasteiger partial charge in [-0.2, -0.15) is 5.10 Å². The number of ether oxygens (including phenoxy) is 1. The third kappa shape index (κ3) is 4.28. The Morgan fingerprint density at radius 2 is 2.03 bits per heavy atom. The summed E-state index contributed by atoms with van der Waals surface area (Å²) in [5, 5.41) is 4.34. The van der Waals surface area contributed by atoms with Gasteiger partial charge in [0.25, 0.3) is 11.8 Å². The highest BCUT2D eigenvalue weighted by Crippen LogP contribution is 2.31. The van der Waals surface area contributed by atoms with Crippen LogP contribution in [0.15, 0.2) is 34.0 Å². The zero-order chi connectivity index (χ0) is 22.7. The fraction of sp³-hybridized carbons (Fsp3) is 0.435. The van der Waals surface area contributed by atoms with Gasteiger partial charge in [-0.3, -0.25) is 19.4 Å². The van der Waals surface area contributed by atoms with Crippen molar-refractivity contribution in [1.82, 2.24) is 15.3 Å². The number of hydrogen-bond donors (Lipinski definition) is 1. The maximum absolute atomic E-state index is 13.1. The van der Waals surface area contributed by atoms with E-state index in [9.17, 15) is 14.4 Å². The molecular weight excluding hydrogens is 412 g/mol. The molecular formula is C23H26N4O5. The van der Waals surface area contributed by atoms with Gasteiger partial charge in [-0.1, -0.05) is 0 Å². The van der Waals surface area contributed by atoms with Crippen molar-refractivity contribution in [3.63, 3.8) is 0 Å². The van der Waals surface area contributed by atoms with Crippen molar-refractivity contribution in [2.24, 2.45) is 11.0 Å². The molecule has 0 saturated carbocycles. The molecule has 2 amide bonds. The summed E-state index contributed by atoms with van der Waals surface area (Å²) < 4.78 is 10.8. The van der Waals surface area contributed by atoms with E-state index in [0.29, 0.717) is 55.8 Å². The van der Waals surface area contributed by atoms with E-state index >= 15 is 0 Å². The molecule has 2 aromatic heterocycles. The lowest BCUT2D eigenvalue weighted by atomic mass is 9.93. The predicted octanol–water partition coefficient (Wildman–Crippen LogP) is 2.48. The van der Waals surface area contributed by atoms with E-state index in [1.54, 1.807) is 23.2 Å². The first kappa shape index (κ1) is 21.7. The second-order valence-corrected chi connectivity index (χ2v) is 8.04. The van der Waals surface area contributed by atoms with Crippen LogP contribution >= 0.6 is 0 Å². The number of aryl methyl sites for hydroxylation is 1. The predicted molar refractivity (Wildman–Crippen MR) is 115 cm³/mol. The number of hydrazone groups is 1. The number of piperidine rings is 1. The van der Waals surface area contributed by atoms with Crippen LogP contribution in [0.1, 0.15) is 63.5 Å². The average molecular weight is 438 g/mol. The number of hydrogen-bond acceptors (Lipinski definition) is 7. The highest BCUT2D eigenvalue weighted by atomic mass is 16.5. The van der Waals surface area contributed by atoms with E-state index in [1.807, 2.05) is 6.92 Å². The van der Waals surface area contributed by atoms with Crippen molar-refractivity contribution in [2.75, 3.05) is 20.2 Å². The normalized spacial score (nSPS) is 17.7. The molecule has 1 saturated heterocycles. The minimum atomic E-state index is -0.344. The lowest BCUT2D eigenvalue weighted by molar-refractivity contribution is -0.146. The van der Waals surface area contributed by atoms with Gasteiger partial charge >= 0.3 is 5.97 Å². The molecule has 0 atom stereocenters. The van der Waals surface area contributed by atoms with Crippen LogP contribution in [0.2, 0.25) is 0 Å². The van der Waals surface area contributed by atoms with Gasteiger partial charge in [-0.05, 0) is 44.7 Å². The van der Waals surface area contributed by atoms with Crippen molar-refractivity contribution in [3.05, 3.63) is 52.7 Å². The molecule has 1 N–H and O–H groups in total. The van der Waals surface area contributed by atoms with Gasteiger partial charge in [0.05, 0.1) is 24.3 Å². The average Bonchev–Trinajstić information content (AvgIpc) is 3.19. The van der Waals surface area contributed by atoms with Gasteiger partial charge in [-0.25, -0.2) is 5.43 Å². The molecule has 2 aliphatic rings. The largest absolute Gasteiger partial charge is 0.469 e. The second-order valence-electron chi connectivity index (χ2n) is 8.04. The standard InChI is InChI=1S/C23H26N4O5/c1-14-19-17(25-26-21(28)16-5-4-10-24-13-16)6-3-7-18(19)32-20(14)22(29)27-11-8-15(9-12-27)23(30)31-2/h4-5,10,13,15H,3,6-9,11-12H2,1-2H3,(H,26,28)/b25-17+. The van der Waals surface area contributed by atoms with E-state index in [2.05, 4.69) is 15.5 Å². The van der Waals surface area contributed by atoms with Crippen LogP contribution in [0.4, 0.5) is 0 Å². The maximum atomic E-state index is 13.1. The molecule has 4 rings (SSSR count). The lowest BCUT2D eigenvalue weighted by Gasteiger charge is -2.30. The highest BCUT2D eigenvalue weighted by molar-refractivity contribution is 6.07. The number of furan rings is 1. The molecule has 2 aromatic rings. The Bertz CT molecular complexity index is 1050. The van der Waals surface area contributed by atoms with Gasteiger partial charge in [-0.15, -0.1) is 0 Å². The van der Waals surface area contributed by atoms with Crippen molar-refractivity contribution in [3.8, 4) is 0 Å². The zero-order valence-electron chi connectivity index (χ0n) is 18.2. The SMILES string of the molecule is COC(=O)C1CCN(C(=O)c2oc3c(c2C)/C(=N/NC(=O)c2cccnc2)CCC3)CC1. The van der Waals surface area contributed by atoms with Crippen molar-refractivity contribution >= 4 is 23.5 Å². The number of carbonyl (C=O) groups is 3. The lowest BCUT2D eigenvalue weighted by Crippen LogP contribution is -2.40. The minimum Gasteiger partial charge on any atom is -0.469 e. The van der Waals surface area contributed by atoms with E-state index in [0.717, 1.165) is 23.3 Å². The van der Waals surface area contributed by atoms with Crippen LogP contribution in [-0.2, 0) is 16.0 Å². The highest BCUT2D eigenvalue weighted by Gasteiger charge is 2.33. The fourth-order valence-corrected chi connectivity index (χ4v) is 4.29. The van der Waals surface area contributed by atoms with Crippen molar-refractivity contribution in [2.45, 2.75) is 39.0 Å². The number of rotatable bonds is 4. The third-order valence-electron chi connectivity index (χ3n) is 6.05. The number of nitrogens with one attached hydrogen (secondary N) is 1. The molecule has 0 aromatic carbocycles. The molecule has 1 aliphatic heterocycles. The van der Waals surface area contributed by atoms with E-state index in [-0.39, 0.29) is 23.7 Å². The Labute approximate surface area is 185 Å². The van der Waals surface area contributed by atoms with Crippen LogP contribution in [-0.4, -0.2) is 53.6 Å². The molecule has 1 aliphatic carbocycles. The van der Waals surface area contributed by atoms with E-state index < -0.39 is 0 Å². The number of nitrogens with zero attached hydrogens (tertiary/aromatic N) is 3. The summed E-state index contributed by atoms with van der Waals surface area (Å²) in [5.74, 6) is 0.103. The molecule has 0 unspecified atom stereocenters. The monoisotopic (exact) mass is 438 g/mol. The Kier molecular flexibility index (Phi) is 6.34. The summed E-state index contributed by atoms with van der Waals surface area (Å²) in [6.07, 6.45) is 6.43. The number of carbonyl (C=O) groups excluding carboxylic acids is 3. The molecule has 9 heteroatoms. The van der Waals surface area contributed by atoms with Crippen molar-refractivity contribution in [1.29, 1.82) is 0 Å². The zero-order valence-corrected chi connectivity index (χ0v) is 18.2. The van der Waals surface area contributed by atoms with E-state index in [4.69, 9.17) is 9.15 Å². The van der Waals surface area contributed by atoms with Crippen LogP contribution in [0.3, 0.4) is 0 Å². The number of fused-ring (bicyclic) bond motifs is 1. The molecule has 9 nitrogen and oxygen atoms in total. The molecule has 0 bridgehead atoms. The number of pyridine rings is 1. The topological polar surface area (TPSA) is 114 Å². The van der Waals surface area contributed by atoms with Gasteiger partial charge < -0.3 is 14.1 Å². The molecule has 0 spiro atoms. The third-order valence-corrected chi connectivity index (χ3v) is 6.05. The summed E-state index contributed by atoms with van der Waals surface area (Å²) in [5.41, 5.74) is 5.24. The Balaban J connectivity index is 1.50. The van der Waals surface area contributed by atoms with Crippen molar-refractivity contribution < 1.29 is 23.5 Å². The number of amides is 2. The Morgan fingerprint density at radius 3 is 2.72 bits per heavy atom. The van der Waals surface area contributed by atoms with Crippen LogP contribution in [0.25, 0.3) is 0 Å². The summed E-state index contributed by atoms with van der Waals surface area (Å²) in [4.78, 5) is 42.9. The van der Waals surface area contributed by atoms with Gasteiger partial charge in [0.15, 0.2) is 5.76 Å². The molecule has 0 radical (unpaired) electrons. The van der Waals surface area contributed by atoms with Gasteiger partial charge in [0.2, 0.25) is 0 Å². The quantitative estimate of drug-likeness (QED) is 0.579. The van der Waals surface area contributed by atoms with Crippen LogP contribution < -0.4 is 5.43 Å². The summed E-state index contributed by atoms with van der Waals surface area (Å²) >= 11 is 0. The maximum Gasteiger partial charge on any atom is 0.308 e. The number of methoxy groups -OCH3 is 1. The number of aromatic nitrogens is 1. The van der Waals surface area contributed by atoms with Crippen LogP contribution in [0, 0.1) is 12.8 Å². The number of esters is 1. The first-order chi connectivity index (χ1) is 15.5. The fourth-order valence-electron chi connectivity index (χ4n) is 4.29. The number of likely N-dealkylation sites (tertiary alicyclic amines) is 1. The molecule has 3 heterocycles. The molecule has 32 heavy (non-hydrogen) atoms. The minimum absolute atomic E-state index is 0.169. The summed E-state index contributed by atoms with van der Waals surface area (Å²) in [6, 6.07) is 3.35. The first-order valence-corrected chi connectivity index (χ1v) is 10.8. The Hall–Kier alpha value is -3.49. The smallest absolute Gasteiger partial charge is 0.308 e. The van der Waals surface area contributed by atoms with E-state index in [1.165, 1.54) is 13.3 Å². The van der Waals surface area contributed by atoms with Crippen LogP contribution in [0.5, 0.6) is 0 Å². The summed E-state index contributed by atoms with van der Waals surface area (Å²) in [6.45, 7) is 2.80. The Morgan fingerprint density at radius 1 is 1.25 bits per heavy atom.